The molecular formula is C18H19N3O2. The molecule has 0 N–H and O–H groups in total. The Balaban J connectivity index is 1.75. The summed E-state index contributed by atoms with van der Waals surface area (Å²) in [6.45, 7) is 0.814. The summed E-state index contributed by atoms with van der Waals surface area (Å²) in [5.41, 5.74) is 2.37. The highest BCUT2D eigenvalue weighted by molar-refractivity contribution is 5.66. The van der Waals surface area contributed by atoms with E-state index in [2.05, 4.69) is 5.10 Å². The van der Waals surface area contributed by atoms with Crippen LogP contribution in [0.15, 0.2) is 47.5 Å². The highest BCUT2D eigenvalue weighted by atomic mass is 16.5. The first-order valence-electron chi connectivity index (χ1n) is 7.98. The minimum Gasteiger partial charge on any atom is -0.497 e. The van der Waals surface area contributed by atoms with Crippen LogP contribution in [0.1, 0.15) is 19.3 Å². The third-order valence-electron chi connectivity index (χ3n) is 4.65. The Kier molecular flexibility index (Phi) is 3.41. The van der Waals surface area contributed by atoms with Gasteiger partial charge in [0.1, 0.15) is 11.3 Å². The molecular weight excluding hydrogens is 290 g/mol. The number of benzene rings is 1. The maximum atomic E-state index is 12.6. The van der Waals surface area contributed by atoms with Gasteiger partial charge in [-0.1, -0.05) is 18.6 Å². The van der Waals surface area contributed by atoms with E-state index in [1.54, 1.807) is 11.6 Å². The van der Waals surface area contributed by atoms with Crippen LogP contribution in [0.3, 0.4) is 0 Å². The summed E-state index contributed by atoms with van der Waals surface area (Å²) >= 11 is 0. The number of nitrogens with zero attached hydrogens (tertiary/aromatic N) is 3. The van der Waals surface area contributed by atoms with Gasteiger partial charge in [0.25, 0.3) is 5.56 Å². The molecule has 1 aromatic carbocycles. The van der Waals surface area contributed by atoms with Crippen LogP contribution in [-0.4, -0.2) is 21.3 Å². The lowest BCUT2D eigenvalue weighted by Gasteiger charge is -2.25. The molecule has 5 nitrogen and oxygen atoms in total. The zero-order valence-corrected chi connectivity index (χ0v) is 13.1. The van der Waals surface area contributed by atoms with Crippen molar-refractivity contribution in [3.05, 3.63) is 53.1 Å². The lowest BCUT2D eigenvalue weighted by atomic mass is 9.85. The van der Waals surface area contributed by atoms with Gasteiger partial charge in [-0.2, -0.15) is 5.10 Å². The van der Waals surface area contributed by atoms with Gasteiger partial charge in [-0.15, -0.1) is 0 Å². The van der Waals surface area contributed by atoms with Crippen molar-refractivity contribution in [2.75, 3.05) is 7.11 Å². The largest absolute Gasteiger partial charge is 0.497 e. The molecule has 2 heterocycles. The SMILES string of the molecule is COc1cccc(-c2cc3c(=O)n(CC4CCC4)ccn3n2)c1. The molecule has 118 valence electrons. The predicted octanol–water partition coefficient (Wildman–Crippen LogP) is 2.97. The Morgan fingerprint density at radius 2 is 2.13 bits per heavy atom. The highest BCUT2D eigenvalue weighted by Gasteiger charge is 2.19. The molecule has 4 rings (SSSR count). The molecule has 0 amide bonds. The van der Waals surface area contributed by atoms with Crippen molar-refractivity contribution in [2.24, 2.45) is 5.92 Å². The van der Waals surface area contributed by atoms with Crippen LogP contribution in [0.25, 0.3) is 16.8 Å². The van der Waals surface area contributed by atoms with E-state index in [9.17, 15) is 4.79 Å². The second kappa shape index (κ2) is 5.57. The summed E-state index contributed by atoms with van der Waals surface area (Å²) in [6.07, 6.45) is 7.45. The van der Waals surface area contributed by atoms with Gasteiger partial charge in [-0.25, -0.2) is 4.52 Å². The van der Waals surface area contributed by atoms with E-state index in [-0.39, 0.29) is 5.56 Å². The van der Waals surface area contributed by atoms with Crippen LogP contribution < -0.4 is 10.3 Å². The molecule has 23 heavy (non-hydrogen) atoms. The zero-order chi connectivity index (χ0) is 15.8. The number of hydrogen-bond acceptors (Lipinski definition) is 3. The first-order valence-corrected chi connectivity index (χ1v) is 7.98. The zero-order valence-electron chi connectivity index (χ0n) is 13.1. The van der Waals surface area contributed by atoms with Gasteiger partial charge in [0.15, 0.2) is 0 Å². The van der Waals surface area contributed by atoms with Crippen LogP contribution in [0.4, 0.5) is 0 Å². The molecule has 5 heteroatoms. The summed E-state index contributed by atoms with van der Waals surface area (Å²) in [4.78, 5) is 12.6. The summed E-state index contributed by atoms with van der Waals surface area (Å²) in [7, 11) is 1.64. The molecule has 0 saturated heterocycles. The van der Waals surface area contributed by atoms with Gasteiger partial charge in [0, 0.05) is 24.5 Å². The van der Waals surface area contributed by atoms with E-state index >= 15 is 0 Å². The summed E-state index contributed by atoms with van der Waals surface area (Å²) in [5, 5.41) is 4.52. The van der Waals surface area contributed by atoms with Crippen molar-refractivity contribution in [1.82, 2.24) is 14.2 Å². The molecule has 0 unspecified atom stereocenters. The highest BCUT2D eigenvalue weighted by Crippen LogP contribution is 2.27. The molecule has 1 saturated carbocycles. The number of rotatable bonds is 4. The van der Waals surface area contributed by atoms with Crippen molar-refractivity contribution in [3.63, 3.8) is 0 Å². The van der Waals surface area contributed by atoms with E-state index in [1.807, 2.05) is 47.3 Å². The Morgan fingerprint density at radius 3 is 2.87 bits per heavy atom. The van der Waals surface area contributed by atoms with Crippen LogP contribution in [0.5, 0.6) is 5.75 Å². The van der Waals surface area contributed by atoms with Crippen molar-refractivity contribution < 1.29 is 4.74 Å². The fourth-order valence-corrected chi connectivity index (χ4v) is 3.05. The maximum absolute atomic E-state index is 12.6. The van der Waals surface area contributed by atoms with Crippen LogP contribution in [0.2, 0.25) is 0 Å². The van der Waals surface area contributed by atoms with Gasteiger partial charge in [-0.05, 0) is 37.0 Å². The van der Waals surface area contributed by atoms with Gasteiger partial charge < -0.3 is 9.30 Å². The van der Waals surface area contributed by atoms with Crippen LogP contribution >= 0.6 is 0 Å². The average Bonchev–Trinajstić information content (AvgIpc) is 2.98. The molecule has 1 aliphatic carbocycles. The monoisotopic (exact) mass is 309 g/mol. The number of aromatic nitrogens is 3. The Labute approximate surface area is 134 Å². The van der Waals surface area contributed by atoms with Crippen molar-refractivity contribution in [3.8, 4) is 17.0 Å². The van der Waals surface area contributed by atoms with Crippen LogP contribution in [0, 0.1) is 5.92 Å². The summed E-state index contributed by atoms with van der Waals surface area (Å²) in [5.74, 6) is 1.43. The molecule has 1 aliphatic rings. The van der Waals surface area contributed by atoms with Gasteiger partial charge in [-0.3, -0.25) is 4.79 Å². The topological polar surface area (TPSA) is 48.5 Å². The lowest BCUT2D eigenvalue weighted by Crippen LogP contribution is -2.27. The van der Waals surface area contributed by atoms with Gasteiger partial charge in [0.05, 0.1) is 12.8 Å². The van der Waals surface area contributed by atoms with Crippen molar-refractivity contribution in [2.45, 2.75) is 25.8 Å². The van der Waals surface area contributed by atoms with E-state index in [1.165, 1.54) is 19.3 Å². The Hall–Kier alpha value is -2.56. The molecule has 1 fully saturated rings. The van der Waals surface area contributed by atoms with Gasteiger partial charge in [0.2, 0.25) is 0 Å². The fourth-order valence-electron chi connectivity index (χ4n) is 3.05. The van der Waals surface area contributed by atoms with E-state index in [4.69, 9.17) is 4.74 Å². The van der Waals surface area contributed by atoms with E-state index in [0.717, 1.165) is 23.6 Å². The first kappa shape index (κ1) is 14.1. The molecule has 2 aromatic heterocycles. The first-order chi connectivity index (χ1) is 11.2. The number of hydrogen-bond donors (Lipinski definition) is 0. The average molecular weight is 309 g/mol. The minimum absolute atomic E-state index is 0.0287. The second-order valence-corrected chi connectivity index (χ2v) is 6.14. The molecule has 0 aliphatic heterocycles. The molecule has 0 atom stereocenters. The Bertz CT molecular complexity index is 906. The number of ether oxygens (including phenoxy) is 1. The van der Waals surface area contributed by atoms with Crippen LogP contribution in [-0.2, 0) is 6.54 Å². The number of fused-ring (bicyclic) bond motifs is 1. The summed E-state index contributed by atoms with van der Waals surface area (Å²) in [6, 6.07) is 9.57. The number of methoxy groups -OCH3 is 1. The van der Waals surface area contributed by atoms with E-state index in [0.29, 0.717) is 11.4 Å². The second-order valence-electron chi connectivity index (χ2n) is 6.14. The fraction of sp³-hybridized carbons (Fsp3) is 0.333. The third-order valence-corrected chi connectivity index (χ3v) is 4.65. The maximum Gasteiger partial charge on any atom is 0.276 e. The van der Waals surface area contributed by atoms with Gasteiger partial charge >= 0.3 is 0 Å². The molecule has 0 radical (unpaired) electrons. The molecule has 0 spiro atoms. The normalized spacial score (nSPS) is 14.8. The van der Waals surface area contributed by atoms with Crippen molar-refractivity contribution >= 4 is 5.52 Å². The molecule has 0 bridgehead atoms. The quantitative estimate of drug-likeness (QED) is 0.744. The lowest BCUT2D eigenvalue weighted by molar-refractivity contribution is 0.274. The minimum atomic E-state index is 0.0287. The van der Waals surface area contributed by atoms with Crippen molar-refractivity contribution in [1.29, 1.82) is 0 Å². The standard InChI is InChI=1S/C18H19N3O2/c1-23-15-7-3-6-14(10-15)16-11-17-18(22)20(8-9-21(17)19-16)12-13-4-2-5-13/h3,6-11,13H,2,4-5,12H2,1H3. The summed E-state index contributed by atoms with van der Waals surface area (Å²) < 4.78 is 8.73. The van der Waals surface area contributed by atoms with E-state index < -0.39 is 0 Å². The Morgan fingerprint density at radius 1 is 1.26 bits per heavy atom. The smallest absolute Gasteiger partial charge is 0.276 e. The molecule has 3 aromatic rings. The third kappa shape index (κ3) is 2.52. The predicted molar refractivity (Wildman–Crippen MR) is 88.8 cm³/mol.